The van der Waals surface area contributed by atoms with Gasteiger partial charge in [-0.1, -0.05) is 31.2 Å². The van der Waals surface area contributed by atoms with Gasteiger partial charge in [0.2, 0.25) is 10.9 Å². The van der Waals surface area contributed by atoms with E-state index in [-0.39, 0.29) is 46.5 Å². The van der Waals surface area contributed by atoms with Gasteiger partial charge in [-0.3, -0.25) is 4.79 Å². The number of fused-ring (bicyclic) bond motifs is 6. The van der Waals surface area contributed by atoms with Crippen LogP contribution in [-0.4, -0.2) is 55.1 Å². The fourth-order valence-corrected chi connectivity index (χ4v) is 10.5. The number of nitrogens with zero attached hydrogens (tertiary/aromatic N) is 2. The van der Waals surface area contributed by atoms with Crippen LogP contribution in [0.5, 0.6) is 0 Å². The van der Waals surface area contributed by atoms with Crippen LogP contribution in [-0.2, 0) is 16.0 Å². The fourth-order valence-electron chi connectivity index (χ4n) is 9.45. The molecule has 2 heterocycles. The SMILES string of the molecule is C[C@]12C[C@H](O)[C@H]3[C@@H](CCC4=Cc5c(cnn5-c5ccc(F)cc5)C[C@]43C)[C@@H]1CC[C@]2(OC(=O)c1ccco1)C(=O)SCCCO. The minimum Gasteiger partial charge on any atom is -0.457 e. The van der Waals surface area contributed by atoms with Crippen molar-refractivity contribution < 1.29 is 33.3 Å². The smallest absolute Gasteiger partial charge is 0.375 e. The molecule has 10 heteroatoms. The van der Waals surface area contributed by atoms with Crippen LogP contribution in [0.3, 0.4) is 0 Å². The Balaban J connectivity index is 1.22. The van der Waals surface area contributed by atoms with Crippen LogP contribution >= 0.6 is 11.8 Å². The first-order chi connectivity index (χ1) is 21.6. The molecule has 0 bridgehead atoms. The van der Waals surface area contributed by atoms with E-state index in [1.807, 2.05) is 17.8 Å². The highest BCUT2D eigenvalue weighted by Crippen LogP contribution is 2.69. The molecule has 0 radical (unpaired) electrons. The summed E-state index contributed by atoms with van der Waals surface area (Å²) in [6.45, 7) is 4.26. The molecule has 0 aliphatic heterocycles. The molecular weight excluding hydrogens is 595 g/mol. The van der Waals surface area contributed by atoms with Crippen molar-refractivity contribution in [2.24, 2.45) is 28.6 Å². The molecule has 2 aromatic heterocycles. The Morgan fingerprint density at radius 2 is 2.00 bits per heavy atom. The third kappa shape index (κ3) is 4.66. The van der Waals surface area contributed by atoms with Crippen molar-refractivity contribution in [1.29, 1.82) is 0 Å². The van der Waals surface area contributed by atoms with Gasteiger partial charge in [0.05, 0.1) is 29.9 Å². The molecule has 8 nitrogen and oxygen atoms in total. The fraction of sp³-hybridized carbons (Fsp3) is 0.514. The van der Waals surface area contributed by atoms with Gasteiger partial charge in [-0.2, -0.15) is 5.10 Å². The van der Waals surface area contributed by atoms with E-state index in [1.54, 1.807) is 18.2 Å². The number of carbonyl (C=O) groups is 2. The summed E-state index contributed by atoms with van der Waals surface area (Å²) in [6, 6.07) is 9.48. The number of thioether (sulfide) groups is 1. The molecule has 3 saturated carbocycles. The van der Waals surface area contributed by atoms with Crippen molar-refractivity contribution in [1.82, 2.24) is 9.78 Å². The molecule has 3 aromatic rings. The van der Waals surface area contributed by atoms with E-state index in [0.29, 0.717) is 31.4 Å². The molecule has 7 rings (SSSR count). The Hall–Kier alpha value is -3.21. The number of allylic oxidation sites excluding steroid dienone is 1. The molecule has 4 aliphatic rings. The average Bonchev–Trinajstić information content (AvgIpc) is 3.75. The van der Waals surface area contributed by atoms with Crippen LogP contribution in [0.2, 0.25) is 0 Å². The van der Waals surface area contributed by atoms with Gasteiger partial charge in [-0.25, -0.2) is 13.9 Å². The van der Waals surface area contributed by atoms with E-state index >= 15 is 0 Å². The number of hydrogen-bond acceptors (Lipinski definition) is 8. The zero-order valence-electron chi connectivity index (χ0n) is 25.6. The van der Waals surface area contributed by atoms with Crippen LogP contribution in [0.15, 0.2) is 58.8 Å². The maximum Gasteiger partial charge on any atom is 0.375 e. The molecule has 0 amide bonds. The van der Waals surface area contributed by atoms with Crippen LogP contribution in [0.1, 0.15) is 74.2 Å². The third-order valence-corrected chi connectivity index (χ3v) is 12.6. The molecular formula is C35H39FN2O6S. The second-order valence-electron chi connectivity index (χ2n) is 13.7. The molecule has 1 aromatic carbocycles. The second-order valence-corrected chi connectivity index (χ2v) is 14.7. The van der Waals surface area contributed by atoms with Crippen LogP contribution in [0.4, 0.5) is 4.39 Å². The summed E-state index contributed by atoms with van der Waals surface area (Å²) < 4.78 is 27.1. The van der Waals surface area contributed by atoms with Gasteiger partial charge < -0.3 is 19.4 Å². The minimum absolute atomic E-state index is 0.0270. The molecule has 238 valence electrons. The predicted molar refractivity (Wildman–Crippen MR) is 167 cm³/mol. The number of rotatable bonds is 7. The number of esters is 1. The number of aliphatic hydroxyl groups excluding tert-OH is 2. The predicted octanol–water partition coefficient (Wildman–Crippen LogP) is 6.00. The maximum atomic E-state index is 14.1. The number of aromatic nitrogens is 2. The summed E-state index contributed by atoms with van der Waals surface area (Å²) in [5.41, 5.74) is 1.68. The van der Waals surface area contributed by atoms with Crippen molar-refractivity contribution in [3.05, 3.63) is 77.3 Å². The van der Waals surface area contributed by atoms with E-state index in [1.165, 1.54) is 30.0 Å². The number of benzene rings is 1. The van der Waals surface area contributed by atoms with Crippen LogP contribution in [0, 0.1) is 34.4 Å². The molecule has 4 aliphatic carbocycles. The highest BCUT2D eigenvalue weighted by Gasteiger charge is 2.70. The molecule has 2 N–H and O–H groups in total. The van der Waals surface area contributed by atoms with Gasteiger partial charge in [0, 0.05) is 17.8 Å². The van der Waals surface area contributed by atoms with Gasteiger partial charge in [0.15, 0.2) is 5.60 Å². The summed E-state index contributed by atoms with van der Waals surface area (Å²) in [7, 11) is 0. The zero-order chi connectivity index (χ0) is 31.6. The van der Waals surface area contributed by atoms with Gasteiger partial charge >= 0.3 is 5.97 Å². The molecule has 0 unspecified atom stereocenters. The molecule has 0 spiro atoms. The lowest BCUT2D eigenvalue weighted by atomic mass is 9.45. The Morgan fingerprint density at radius 1 is 1.20 bits per heavy atom. The normalized spacial score (nSPS) is 33.4. The summed E-state index contributed by atoms with van der Waals surface area (Å²) >= 11 is 1.10. The lowest BCUT2D eigenvalue weighted by Gasteiger charge is -2.60. The quantitative estimate of drug-likeness (QED) is 0.241. The van der Waals surface area contributed by atoms with Gasteiger partial charge in [-0.05, 0) is 116 Å². The van der Waals surface area contributed by atoms with E-state index < -0.39 is 23.1 Å². The number of hydrogen-bond donors (Lipinski definition) is 2. The zero-order valence-corrected chi connectivity index (χ0v) is 26.4. The number of carbonyl (C=O) groups excluding carboxylic acids is 2. The first-order valence-electron chi connectivity index (χ1n) is 15.9. The van der Waals surface area contributed by atoms with E-state index in [9.17, 15) is 24.2 Å². The number of aliphatic hydroxyl groups is 2. The number of furan rings is 1. The van der Waals surface area contributed by atoms with Gasteiger partial charge in [-0.15, -0.1) is 0 Å². The Kier molecular flexibility index (Phi) is 7.61. The first-order valence-corrected chi connectivity index (χ1v) is 16.9. The van der Waals surface area contributed by atoms with Crippen molar-refractivity contribution in [2.45, 2.75) is 70.5 Å². The topological polar surface area (TPSA) is 115 Å². The largest absolute Gasteiger partial charge is 0.457 e. The Bertz CT molecular complexity index is 1640. The van der Waals surface area contributed by atoms with Crippen molar-refractivity contribution >= 4 is 28.9 Å². The summed E-state index contributed by atoms with van der Waals surface area (Å²) in [6.07, 6.45) is 9.12. The summed E-state index contributed by atoms with van der Waals surface area (Å²) in [5.74, 6) is -0.332. The highest BCUT2D eigenvalue weighted by molar-refractivity contribution is 8.13. The third-order valence-electron chi connectivity index (χ3n) is 11.5. The van der Waals surface area contributed by atoms with Crippen molar-refractivity contribution in [3.63, 3.8) is 0 Å². The second kappa shape index (κ2) is 11.2. The lowest BCUT2D eigenvalue weighted by Crippen LogP contribution is -2.62. The Labute approximate surface area is 266 Å². The summed E-state index contributed by atoms with van der Waals surface area (Å²) in [4.78, 5) is 27.4. The van der Waals surface area contributed by atoms with Gasteiger partial charge in [0.1, 0.15) is 5.82 Å². The van der Waals surface area contributed by atoms with Crippen LogP contribution in [0.25, 0.3) is 11.8 Å². The lowest BCUT2D eigenvalue weighted by molar-refractivity contribution is -0.175. The van der Waals surface area contributed by atoms with E-state index in [4.69, 9.17) is 9.15 Å². The molecule has 3 fully saturated rings. The highest BCUT2D eigenvalue weighted by atomic mass is 32.2. The first kappa shape index (κ1) is 30.4. The minimum atomic E-state index is -1.42. The van der Waals surface area contributed by atoms with Crippen LogP contribution < -0.4 is 0 Å². The monoisotopic (exact) mass is 634 g/mol. The maximum absolute atomic E-state index is 14.1. The summed E-state index contributed by atoms with van der Waals surface area (Å²) in [5, 5.41) is 25.9. The number of halogens is 1. The Morgan fingerprint density at radius 3 is 2.73 bits per heavy atom. The molecule has 0 saturated heterocycles. The number of ether oxygens (including phenoxy) is 1. The average molecular weight is 635 g/mol. The van der Waals surface area contributed by atoms with E-state index in [2.05, 4.69) is 18.1 Å². The molecule has 45 heavy (non-hydrogen) atoms. The van der Waals surface area contributed by atoms with Crippen molar-refractivity contribution in [2.75, 3.05) is 12.4 Å². The molecule has 7 atom stereocenters. The van der Waals surface area contributed by atoms with Gasteiger partial charge in [0.25, 0.3) is 0 Å². The van der Waals surface area contributed by atoms with E-state index in [0.717, 1.165) is 48.0 Å². The standard InChI is InChI=1S/C35H39FN2O6S/c1-33-18-21-20-37-38(24-9-7-23(36)8-10-24)27(21)17-22(33)6-11-25-26-12-13-35(32(42)45-16-4-14-39,34(26,2)19-28(40)30(25)33)44-31(41)29-5-3-15-43-29/h3,5,7-10,15,17,20,25-26,28,30,39-40H,4,6,11-14,16,18-19H2,1-2H3/t25-,26-,28-,30+,33+,34-,35-/m0/s1. The van der Waals surface area contributed by atoms with Crippen molar-refractivity contribution in [3.8, 4) is 5.69 Å².